The van der Waals surface area contributed by atoms with Crippen molar-refractivity contribution in [1.29, 1.82) is 0 Å². The molecule has 4 heterocycles. The highest BCUT2D eigenvalue weighted by Crippen LogP contribution is 2.71. The Hall–Kier alpha value is -18.5. The van der Waals surface area contributed by atoms with Gasteiger partial charge in [-0.05, 0) is 248 Å². The standard InChI is InChI=1S/C142H80N4S/c1-15-49-107-87(33-1)88-34-2-16-50-108(88)139(107)115-57-23-9-43-99(115)129-103(47-29-61-119(129)139)137-135-136(138(147-137)104-48-30-62-120-130(104)100-44-10-24-58-116(100)140(120)109-51-17-3-35-89(109)90-36-4-18-52-110(90)140)144-134-106-78-82(84-72-76-98-96-42-14-28-66-124(96)146(128(98)80-84)126-68-32-64-122-132(126)102-46-12-26-60-118(102)142(122)113-55-21-7-39-93(113)94-40-8-22-56-114(94)142)70-74-86(106)85-73-69-81(77-105(85)133(134)143-135)83-71-75-97-95-41-13-27-65-123(95)145(127(97)79-83)125-67-31-63-121-131(125)101-45-11-25-59-117(101)141(121)111-53-19-5-37-91(111)92-38-6-20-54-112(92)141/h1-80H. The smallest absolute Gasteiger partial charge is 0.109 e. The molecule has 0 N–H and O–H groups in total. The van der Waals surface area contributed by atoms with Crippen molar-refractivity contribution >= 4 is 98.6 Å². The summed E-state index contributed by atoms with van der Waals surface area (Å²) in [6, 6.07) is 186. The van der Waals surface area contributed by atoms with E-state index in [9.17, 15) is 0 Å². The molecule has 4 spiro atoms. The lowest BCUT2D eigenvalue weighted by atomic mass is 9.70. The third-order valence-electron chi connectivity index (χ3n) is 35.4. The van der Waals surface area contributed by atoms with Gasteiger partial charge in [-0.25, -0.2) is 9.97 Å². The number of hydrogen-bond donors (Lipinski definition) is 0. The van der Waals surface area contributed by atoms with Crippen molar-refractivity contribution in [2.45, 2.75) is 21.7 Å². The van der Waals surface area contributed by atoms with Crippen LogP contribution in [0, 0.1) is 0 Å². The van der Waals surface area contributed by atoms with E-state index >= 15 is 0 Å². The summed E-state index contributed by atoms with van der Waals surface area (Å²) in [7, 11) is 0. The van der Waals surface area contributed by atoms with Gasteiger partial charge in [0.1, 0.15) is 11.0 Å². The Balaban J connectivity index is 0.631. The van der Waals surface area contributed by atoms with Gasteiger partial charge in [0.2, 0.25) is 0 Å². The molecule has 4 nitrogen and oxygen atoms in total. The number of fused-ring (bicyclic) bond motifs is 53. The fraction of sp³-hybridized carbons (Fsp3) is 0.0282. The lowest BCUT2D eigenvalue weighted by Crippen LogP contribution is -2.25. The minimum Gasteiger partial charge on any atom is -0.309 e. The topological polar surface area (TPSA) is 35.6 Å². The SMILES string of the molecule is c1ccc2c(c1)-c1ccccc1C21c2ccccc2-c2c(-c3sc(-c4cccc5c4-c4ccccc4C54c5ccccc5-c5ccccc54)c4nc5c6cc(-c7ccc8c9ccccc9n(-c9cccc%10c9-c9ccccc9C%109c%10ccccc%10-c%10ccccc%109)c8c7)ccc6c6ccc(-c7ccc8c9ccccc9n(-c9cccc%10c9-c9ccccc9C%109c%10ccccc%10-c%10ccccc%109)c8c7)cc6c5nc34)cccc21. The van der Waals surface area contributed by atoms with Crippen LogP contribution in [-0.4, -0.2) is 19.1 Å². The summed E-state index contributed by atoms with van der Waals surface area (Å²) in [5.41, 5.74) is 55.9. The number of thiophene rings is 1. The summed E-state index contributed by atoms with van der Waals surface area (Å²) in [6.45, 7) is 0. The molecule has 0 saturated heterocycles. The molecule has 0 unspecified atom stereocenters. The molecule has 674 valence electrons. The lowest BCUT2D eigenvalue weighted by Gasteiger charge is -2.30. The van der Waals surface area contributed by atoms with Crippen LogP contribution in [0.4, 0.5) is 0 Å². The van der Waals surface area contributed by atoms with E-state index in [0.29, 0.717) is 0 Å². The van der Waals surface area contributed by atoms with E-state index in [2.05, 4.69) is 494 Å². The third-order valence-corrected chi connectivity index (χ3v) is 36.6. The monoisotopic (exact) mass is 1870 g/mol. The van der Waals surface area contributed by atoms with Gasteiger partial charge in [-0.15, -0.1) is 11.3 Å². The molecule has 4 aromatic heterocycles. The molecule has 0 bridgehead atoms. The first-order chi connectivity index (χ1) is 73.0. The molecular weight excluding hydrogens is 1790 g/mol. The first kappa shape index (κ1) is 79.1. The number of para-hydroxylation sites is 2. The van der Waals surface area contributed by atoms with E-state index < -0.39 is 21.7 Å². The second-order valence-corrected chi connectivity index (χ2v) is 42.5. The van der Waals surface area contributed by atoms with Gasteiger partial charge in [0.15, 0.2) is 0 Å². The normalized spacial score (nSPS) is 14.5. The molecule has 35 rings (SSSR count). The number of nitrogens with zero attached hydrogens (tertiary/aromatic N) is 4. The van der Waals surface area contributed by atoms with Crippen LogP contribution < -0.4 is 0 Å². The van der Waals surface area contributed by atoms with E-state index in [1.54, 1.807) is 0 Å². The molecule has 8 aliphatic rings. The fourth-order valence-corrected chi connectivity index (χ4v) is 31.3. The Labute approximate surface area is 850 Å². The fourth-order valence-electron chi connectivity index (χ4n) is 30.1. The predicted molar refractivity (Wildman–Crippen MR) is 606 cm³/mol. The molecule has 0 amide bonds. The maximum absolute atomic E-state index is 6.62. The van der Waals surface area contributed by atoms with E-state index in [0.717, 1.165) is 120 Å². The van der Waals surface area contributed by atoms with Crippen LogP contribution in [0.2, 0.25) is 0 Å². The number of rotatable bonds is 6. The summed E-state index contributed by atoms with van der Waals surface area (Å²) in [5, 5.41) is 9.06. The van der Waals surface area contributed by atoms with Crippen LogP contribution in [-0.2, 0) is 21.7 Å². The summed E-state index contributed by atoms with van der Waals surface area (Å²) in [5.74, 6) is 0. The molecule has 0 fully saturated rings. The maximum atomic E-state index is 6.62. The Morgan fingerprint density at radius 1 is 0.150 bits per heavy atom. The Kier molecular flexibility index (Phi) is 15.2. The molecule has 8 aliphatic carbocycles. The average Bonchev–Trinajstić information content (AvgIpc) is 1.51. The molecule has 0 radical (unpaired) electrons. The average molecular weight is 1870 g/mol. The zero-order valence-electron chi connectivity index (χ0n) is 79.4. The zero-order valence-corrected chi connectivity index (χ0v) is 80.2. The van der Waals surface area contributed by atoms with Gasteiger partial charge in [-0.3, -0.25) is 0 Å². The molecule has 23 aromatic carbocycles. The predicted octanol–water partition coefficient (Wildman–Crippen LogP) is 35.4. The Morgan fingerprint density at radius 3 is 0.673 bits per heavy atom. The first-order valence-corrected chi connectivity index (χ1v) is 52.2. The van der Waals surface area contributed by atoms with Crippen LogP contribution in [0.1, 0.15) is 89.0 Å². The lowest BCUT2D eigenvalue weighted by molar-refractivity contribution is 0.793. The Bertz CT molecular complexity index is 10000. The molecule has 0 atom stereocenters. The van der Waals surface area contributed by atoms with Gasteiger partial charge in [0, 0.05) is 54.6 Å². The summed E-state index contributed by atoms with van der Waals surface area (Å²) in [4.78, 5) is 15.4. The quantitative estimate of drug-likeness (QED) is 0.156. The van der Waals surface area contributed by atoms with Gasteiger partial charge < -0.3 is 9.13 Å². The van der Waals surface area contributed by atoms with Gasteiger partial charge in [0.05, 0.1) is 75.9 Å². The van der Waals surface area contributed by atoms with Crippen LogP contribution in [0.5, 0.6) is 0 Å². The van der Waals surface area contributed by atoms with Gasteiger partial charge >= 0.3 is 0 Å². The molecule has 0 aliphatic heterocycles. The largest absolute Gasteiger partial charge is 0.309 e. The van der Waals surface area contributed by atoms with Crippen molar-refractivity contribution in [3.63, 3.8) is 0 Å². The Morgan fingerprint density at radius 2 is 0.367 bits per heavy atom. The minimum atomic E-state index is -0.602. The molecular formula is C142H80N4S. The molecule has 27 aromatic rings. The van der Waals surface area contributed by atoms with Crippen LogP contribution in [0.3, 0.4) is 0 Å². The summed E-state index contributed by atoms with van der Waals surface area (Å²) >= 11 is 1.87. The first-order valence-electron chi connectivity index (χ1n) is 51.4. The molecule has 0 saturated carbocycles. The number of aromatic nitrogens is 4. The zero-order chi connectivity index (χ0) is 95.3. The van der Waals surface area contributed by atoms with Crippen molar-refractivity contribution in [2.24, 2.45) is 0 Å². The third kappa shape index (κ3) is 9.51. The molecule has 147 heavy (non-hydrogen) atoms. The molecule has 5 heteroatoms. The van der Waals surface area contributed by atoms with Crippen LogP contribution in [0.25, 0.3) is 231 Å². The second kappa shape index (κ2) is 28.3. The highest BCUT2D eigenvalue weighted by molar-refractivity contribution is 7.21. The van der Waals surface area contributed by atoms with Gasteiger partial charge in [-0.1, -0.05) is 437 Å². The second-order valence-electron chi connectivity index (χ2n) is 41.5. The van der Waals surface area contributed by atoms with Crippen LogP contribution in [0.15, 0.2) is 485 Å². The van der Waals surface area contributed by atoms with Crippen LogP contribution >= 0.6 is 11.3 Å². The number of hydrogen-bond acceptors (Lipinski definition) is 3. The summed E-state index contributed by atoms with van der Waals surface area (Å²) < 4.78 is 5.17. The van der Waals surface area contributed by atoms with Crippen molar-refractivity contribution in [2.75, 3.05) is 0 Å². The van der Waals surface area contributed by atoms with E-state index in [-0.39, 0.29) is 0 Å². The van der Waals surface area contributed by atoms with Crippen molar-refractivity contribution in [1.82, 2.24) is 19.1 Å². The van der Waals surface area contributed by atoms with Gasteiger partial charge in [-0.2, -0.15) is 0 Å². The highest BCUT2D eigenvalue weighted by Gasteiger charge is 2.58. The maximum Gasteiger partial charge on any atom is 0.109 e. The van der Waals surface area contributed by atoms with E-state index in [4.69, 9.17) is 9.97 Å². The minimum absolute atomic E-state index is 0.520. The highest BCUT2D eigenvalue weighted by atomic mass is 32.1. The van der Waals surface area contributed by atoms with Crippen molar-refractivity contribution in [3.8, 4) is 144 Å². The van der Waals surface area contributed by atoms with Gasteiger partial charge in [0.25, 0.3) is 0 Å². The summed E-state index contributed by atoms with van der Waals surface area (Å²) in [6.07, 6.45) is 0. The van der Waals surface area contributed by atoms with E-state index in [1.165, 1.54) is 200 Å². The number of benzene rings is 23. The van der Waals surface area contributed by atoms with Crippen molar-refractivity contribution < 1.29 is 0 Å². The van der Waals surface area contributed by atoms with Crippen molar-refractivity contribution in [3.05, 3.63) is 574 Å². The van der Waals surface area contributed by atoms with E-state index in [1.807, 2.05) is 11.3 Å².